The molecule has 0 radical (unpaired) electrons. The maximum absolute atomic E-state index is 12.0. The highest BCUT2D eigenvalue weighted by Crippen LogP contribution is 2.10. The molecule has 1 aromatic heterocycles. The molecule has 0 spiro atoms. The molecule has 0 aromatic carbocycles. The summed E-state index contributed by atoms with van der Waals surface area (Å²) in [6.45, 7) is 6.11. The minimum atomic E-state index is -3.67. The Morgan fingerprint density at radius 2 is 2.28 bits per heavy atom. The van der Waals surface area contributed by atoms with Gasteiger partial charge in [0.05, 0.1) is 11.0 Å². The molecule has 8 heteroatoms. The van der Waals surface area contributed by atoms with Gasteiger partial charge in [-0.05, 0) is 20.3 Å². The fraction of sp³-hybridized carbons (Fsp3) is 0.600. The molecule has 0 fully saturated rings. The van der Waals surface area contributed by atoms with Crippen molar-refractivity contribution in [3.8, 4) is 0 Å². The first kappa shape index (κ1) is 15.1. The summed E-state index contributed by atoms with van der Waals surface area (Å²) in [4.78, 5) is 4.14. The maximum Gasteiger partial charge on any atom is 0.260 e. The first-order valence-electron chi connectivity index (χ1n) is 5.63. The van der Waals surface area contributed by atoms with Crippen LogP contribution in [-0.2, 0) is 16.6 Å². The summed E-state index contributed by atoms with van der Waals surface area (Å²) in [7, 11) is -3.67. The lowest BCUT2D eigenvalue weighted by molar-refractivity contribution is 0.575. The molecule has 0 amide bonds. The van der Waals surface area contributed by atoms with Crippen LogP contribution in [0.2, 0.25) is 0 Å². The summed E-state index contributed by atoms with van der Waals surface area (Å²) in [6, 6.07) is -0.596. The minimum absolute atomic E-state index is 0.00319. The van der Waals surface area contributed by atoms with Gasteiger partial charge in [0.1, 0.15) is 5.82 Å². The van der Waals surface area contributed by atoms with Crippen molar-refractivity contribution in [1.29, 1.82) is 0 Å². The van der Waals surface area contributed by atoms with E-state index in [0.29, 0.717) is 5.82 Å². The molecular weight excluding hydrogens is 272 g/mol. The number of sulfonamides is 1. The first-order chi connectivity index (χ1) is 8.27. The number of hydrogen-bond donors (Lipinski definition) is 2. The lowest BCUT2D eigenvalue weighted by Gasteiger charge is -2.10. The van der Waals surface area contributed by atoms with Gasteiger partial charge < -0.3 is 10.3 Å². The average molecular weight is 290 g/mol. The van der Waals surface area contributed by atoms with Crippen LogP contribution in [-0.4, -0.2) is 29.0 Å². The lowest BCUT2D eigenvalue weighted by atomic mass is 10.4. The molecule has 3 N–H and O–H groups in total. The summed E-state index contributed by atoms with van der Waals surface area (Å²) < 4.78 is 28.2. The quantitative estimate of drug-likeness (QED) is 0.747. The van der Waals surface area contributed by atoms with Crippen molar-refractivity contribution < 1.29 is 8.42 Å². The Morgan fingerprint density at radius 1 is 1.67 bits per heavy atom. The molecule has 0 saturated heterocycles. The maximum atomic E-state index is 12.0. The van der Waals surface area contributed by atoms with E-state index in [1.165, 1.54) is 6.20 Å². The van der Waals surface area contributed by atoms with Gasteiger partial charge in [0, 0.05) is 12.7 Å². The van der Waals surface area contributed by atoms with E-state index in [9.17, 15) is 8.42 Å². The van der Waals surface area contributed by atoms with Gasteiger partial charge in [-0.2, -0.15) is 0 Å². The fourth-order valence-electron chi connectivity index (χ4n) is 1.43. The van der Waals surface area contributed by atoms with Gasteiger partial charge in [0.15, 0.2) is 5.03 Å². The molecule has 6 nitrogen and oxygen atoms in total. The molecule has 0 aliphatic heterocycles. The monoisotopic (exact) mass is 290 g/mol. The third-order valence-corrected chi connectivity index (χ3v) is 4.22. The van der Waals surface area contributed by atoms with E-state index in [1.54, 1.807) is 18.4 Å². The molecule has 1 aromatic rings. The number of imidazole rings is 1. The van der Waals surface area contributed by atoms with Crippen LogP contribution in [0.25, 0.3) is 0 Å². The predicted molar refractivity (Wildman–Crippen MR) is 73.8 cm³/mol. The van der Waals surface area contributed by atoms with E-state index >= 15 is 0 Å². The Balaban J connectivity index is 2.98. The molecule has 102 valence electrons. The van der Waals surface area contributed by atoms with Gasteiger partial charge in [-0.3, -0.25) is 0 Å². The number of rotatable bonds is 6. The molecule has 0 saturated carbocycles. The third kappa shape index (κ3) is 3.50. The van der Waals surface area contributed by atoms with E-state index in [0.717, 1.165) is 13.0 Å². The van der Waals surface area contributed by atoms with Crippen molar-refractivity contribution in [2.45, 2.75) is 44.8 Å². The summed E-state index contributed by atoms with van der Waals surface area (Å²) in [5.74, 6) is 0.667. The molecule has 0 aliphatic carbocycles. The Labute approximate surface area is 113 Å². The van der Waals surface area contributed by atoms with Crippen molar-refractivity contribution in [2.75, 3.05) is 0 Å². The van der Waals surface area contributed by atoms with Crippen LogP contribution in [0.4, 0.5) is 0 Å². The van der Waals surface area contributed by atoms with Crippen LogP contribution in [0.1, 0.15) is 26.1 Å². The van der Waals surface area contributed by atoms with Crippen LogP contribution >= 0.6 is 12.2 Å². The number of hydrogen-bond acceptors (Lipinski definition) is 4. The Morgan fingerprint density at radius 3 is 2.78 bits per heavy atom. The molecule has 18 heavy (non-hydrogen) atoms. The standard InChI is InChI=1S/C10H18N4O2S2/c1-4-5-14-6-9(12-8(14)3)18(15,16)13-7(2)10(11)17/h6-7,13H,4-5H2,1-3H3,(H2,11,17). The minimum Gasteiger partial charge on any atom is -0.392 e. The van der Waals surface area contributed by atoms with E-state index in [4.69, 9.17) is 18.0 Å². The Bertz CT molecular complexity index is 536. The SMILES string of the molecule is CCCn1cc(S(=O)(=O)NC(C)C(N)=S)nc1C. The average Bonchev–Trinajstić information content (AvgIpc) is 2.61. The first-order valence-corrected chi connectivity index (χ1v) is 7.52. The number of nitrogens with one attached hydrogen (secondary N) is 1. The topological polar surface area (TPSA) is 90.0 Å². The van der Waals surface area contributed by atoms with Gasteiger partial charge in [-0.15, -0.1) is 0 Å². The van der Waals surface area contributed by atoms with Crippen molar-refractivity contribution in [1.82, 2.24) is 14.3 Å². The highest BCUT2D eigenvalue weighted by atomic mass is 32.2. The molecule has 0 aliphatic rings. The Kier molecular flexibility index (Phi) is 4.83. The number of aryl methyl sites for hydroxylation is 2. The van der Waals surface area contributed by atoms with Gasteiger partial charge in [-0.25, -0.2) is 18.1 Å². The predicted octanol–water partition coefficient (Wildman–Crippen LogP) is 0.554. The van der Waals surface area contributed by atoms with E-state index in [2.05, 4.69) is 9.71 Å². The number of aromatic nitrogens is 2. The lowest BCUT2D eigenvalue weighted by Crippen LogP contribution is -2.41. The summed E-state index contributed by atoms with van der Waals surface area (Å²) in [6.07, 6.45) is 2.43. The van der Waals surface area contributed by atoms with Crippen LogP contribution in [0.15, 0.2) is 11.2 Å². The number of nitrogens with zero attached hydrogens (tertiary/aromatic N) is 2. The number of nitrogens with two attached hydrogens (primary N) is 1. The normalized spacial score (nSPS) is 13.5. The zero-order chi connectivity index (χ0) is 13.9. The van der Waals surface area contributed by atoms with E-state index < -0.39 is 16.1 Å². The summed E-state index contributed by atoms with van der Waals surface area (Å²) in [5.41, 5.74) is 5.38. The summed E-state index contributed by atoms with van der Waals surface area (Å²) in [5, 5.41) is -0.00319. The van der Waals surface area contributed by atoms with Gasteiger partial charge in [0.2, 0.25) is 0 Å². The molecule has 1 atom stereocenters. The van der Waals surface area contributed by atoms with E-state index in [-0.39, 0.29) is 10.0 Å². The van der Waals surface area contributed by atoms with Crippen molar-refractivity contribution in [3.63, 3.8) is 0 Å². The van der Waals surface area contributed by atoms with Crippen LogP contribution in [0.3, 0.4) is 0 Å². The fourth-order valence-corrected chi connectivity index (χ4v) is 2.79. The number of thiocarbonyl (C=S) groups is 1. The molecule has 1 heterocycles. The summed E-state index contributed by atoms with van der Waals surface area (Å²) >= 11 is 4.73. The third-order valence-electron chi connectivity index (χ3n) is 2.45. The van der Waals surface area contributed by atoms with Crippen molar-refractivity contribution in [2.24, 2.45) is 5.73 Å². The second-order valence-corrected chi connectivity index (χ2v) is 6.20. The van der Waals surface area contributed by atoms with Crippen molar-refractivity contribution >= 4 is 27.2 Å². The second kappa shape index (κ2) is 5.77. The molecule has 1 unspecified atom stereocenters. The smallest absolute Gasteiger partial charge is 0.260 e. The van der Waals surface area contributed by atoms with Gasteiger partial charge >= 0.3 is 0 Å². The van der Waals surface area contributed by atoms with Gasteiger partial charge in [-0.1, -0.05) is 19.1 Å². The Hall–Kier alpha value is -0.990. The van der Waals surface area contributed by atoms with Crippen LogP contribution in [0, 0.1) is 6.92 Å². The van der Waals surface area contributed by atoms with Crippen LogP contribution < -0.4 is 10.5 Å². The van der Waals surface area contributed by atoms with Gasteiger partial charge in [0.25, 0.3) is 10.0 Å². The zero-order valence-electron chi connectivity index (χ0n) is 10.7. The second-order valence-electron chi connectivity index (χ2n) is 4.07. The highest BCUT2D eigenvalue weighted by molar-refractivity contribution is 7.89. The van der Waals surface area contributed by atoms with Crippen LogP contribution in [0.5, 0.6) is 0 Å². The molecular formula is C10H18N4O2S2. The molecule has 1 rings (SSSR count). The highest BCUT2D eigenvalue weighted by Gasteiger charge is 2.22. The zero-order valence-corrected chi connectivity index (χ0v) is 12.3. The largest absolute Gasteiger partial charge is 0.392 e. The molecule has 0 bridgehead atoms. The van der Waals surface area contributed by atoms with E-state index in [1.807, 2.05) is 6.92 Å². The van der Waals surface area contributed by atoms with Crippen molar-refractivity contribution in [3.05, 3.63) is 12.0 Å².